The van der Waals surface area contributed by atoms with E-state index in [1.54, 1.807) is 20.1 Å². The van der Waals surface area contributed by atoms with Gasteiger partial charge in [-0.1, -0.05) is 77.3 Å². The van der Waals surface area contributed by atoms with Gasteiger partial charge in [-0.15, -0.1) is 0 Å². The van der Waals surface area contributed by atoms with Crippen LogP contribution in [0.3, 0.4) is 0 Å². The molecule has 0 spiro atoms. The largest absolute Gasteiger partial charge is 0.496 e. The number of rotatable bonds is 12. The minimum atomic E-state index is -0.385. The lowest BCUT2D eigenvalue weighted by Gasteiger charge is -2.25. The molecule has 0 bridgehead atoms. The number of nitrogens with one attached hydrogen (secondary N) is 1. The number of ether oxygens (including phenoxy) is 2. The number of anilines is 1. The SMILES string of the molecule is CCCCCC(CC(=O)Nc1cc(/C=C/C(=O)OCC)ccc1C(C)(C)C)c1ccccc1OC. The maximum absolute atomic E-state index is 13.3. The van der Waals surface area contributed by atoms with Crippen LogP contribution in [0.1, 0.15) is 89.3 Å². The zero-order valence-corrected chi connectivity index (χ0v) is 22.1. The highest BCUT2D eigenvalue weighted by Gasteiger charge is 2.23. The van der Waals surface area contributed by atoms with Gasteiger partial charge in [-0.25, -0.2) is 4.79 Å². The van der Waals surface area contributed by atoms with Gasteiger partial charge < -0.3 is 14.8 Å². The molecule has 0 saturated carbocycles. The van der Waals surface area contributed by atoms with Crippen molar-refractivity contribution in [2.75, 3.05) is 19.0 Å². The standard InChI is InChI=1S/C30H41NO4/c1-7-9-10-13-23(24-14-11-12-15-27(24)34-6)21-28(32)31-26-20-22(17-19-29(33)35-8-2)16-18-25(26)30(3,4)5/h11-12,14-20,23H,7-10,13,21H2,1-6H3,(H,31,32)/b19-17+. The molecular formula is C30H41NO4. The van der Waals surface area contributed by atoms with E-state index in [-0.39, 0.29) is 23.2 Å². The predicted molar refractivity (Wildman–Crippen MR) is 144 cm³/mol. The van der Waals surface area contributed by atoms with Crippen LogP contribution in [0.2, 0.25) is 0 Å². The van der Waals surface area contributed by atoms with Crippen LogP contribution < -0.4 is 10.1 Å². The molecule has 1 unspecified atom stereocenters. The van der Waals surface area contributed by atoms with E-state index in [0.29, 0.717) is 13.0 Å². The van der Waals surface area contributed by atoms with E-state index in [4.69, 9.17) is 9.47 Å². The highest BCUT2D eigenvalue weighted by atomic mass is 16.5. The first-order valence-electron chi connectivity index (χ1n) is 12.6. The van der Waals surface area contributed by atoms with Crippen LogP contribution in [0, 0.1) is 0 Å². The van der Waals surface area contributed by atoms with Gasteiger partial charge in [0.25, 0.3) is 0 Å². The summed E-state index contributed by atoms with van der Waals surface area (Å²) in [6.07, 6.45) is 7.75. The van der Waals surface area contributed by atoms with E-state index in [1.165, 1.54) is 6.08 Å². The molecule has 0 fully saturated rings. The van der Waals surface area contributed by atoms with Crippen LogP contribution >= 0.6 is 0 Å². The quantitative estimate of drug-likeness (QED) is 0.198. The minimum Gasteiger partial charge on any atom is -0.496 e. The summed E-state index contributed by atoms with van der Waals surface area (Å²) in [4.78, 5) is 25.1. The lowest BCUT2D eigenvalue weighted by molar-refractivity contribution is -0.137. The fourth-order valence-electron chi connectivity index (χ4n) is 4.21. The Morgan fingerprint density at radius 1 is 1.06 bits per heavy atom. The minimum absolute atomic E-state index is 0.0329. The Morgan fingerprint density at radius 3 is 2.46 bits per heavy atom. The Morgan fingerprint density at radius 2 is 1.80 bits per heavy atom. The molecule has 2 rings (SSSR count). The number of methoxy groups -OCH3 is 1. The number of benzene rings is 2. The molecule has 35 heavy (non-hydrogen) atoms. The summed E-state index contributed by atoms with van der Waals surface area (Å²) < 4.78 is 10.6. The molecule has 1 N–H and O–H groups in total. The lowest BCUT2D eigenvalue weighted by atomic mass is 9.85. The molecule has 1 amide bonds. The van der Waals surface area contributed by atoms with Crippen LogP contribution in [0.25, 0.3) is 6.08 Å². The molecule has 2 aromatic rings. The van der Waals surface area contributed by atoms with Crippen LogP contribution in [0.5, 0.6) is 5.75 Å². The van der Waals surface area contributed by atoms with Gasteiger partial charge >= 0.3 is 5.97 Å². The first-order chi connectivity index (χ1) is 16.7. The molecule has 0 aliphatic rings. The third-order valence-corrected chi connectivity index (χ3v) is 5.99. The third-order valence-electron chi connectivity index (χ3n) is 5.99. The van der Waals surface area contributed by atoms with Gasteiger partial charge in [0, 0.05) is 18.2 Å². The first-order valence-corrected chi connectivity index (χ1v) is 12.6. The first kappa shape index (κ1) is 28.2. The topological polar surface area (TPSA) is 64.6 Å². The van der Waals surface area contributed by atoms with Gasteiger partial charge in [-0.2, -0.15) is 0 Å². The van der Waals surface area contributed by atoms with Crippen molar-refractivity contribution in [1.29, 1.82) is 0 Å². The van der Waals surface area contributed by atoms with Crippen LogP contribution in [0.15, 0.2) is 48.5 Å². The van der Waals surface area contributed by atoms with Gasteiger partial charge in [0.2, 0.25) is 5.91 Å². The predicted octanol–water partition coefficient (Wildman–Crippen LogP) is 7.26. The van der Waals surface area contributed by atoms with Crippen LogP contribution in [0.4, 0.5) is 5.69 Å². The summed E-state index contributed by atoms with van der Waals surface area (Å²) in [5.41, 5.74) is 3.55. The summed E-state index contributed by atoms with van der Waals surface area (Å²) in [5, 5.41) is 3.17. The Labute approximate surface area is 210 Å². The van der Waals surface area contributed by atoms with Gasteiger partial charge in [0.15, 0.2) is 0 Å². The Kier molecular flexibility index (Phi) is 11.0. The van der Waals surface area contributed by atoms with Gasteiger partial charge in [0.05, 0.1) is 13.7 Å². The molecule has 5 heteroatoms. The van der Waals surface area contributed by atoms with Crippen molar-refractivity contribution in [2.24, 2.45) is 0 Å². The molecule has 5 nitrogen and oxygen atoms in total. The van der Waals surface area contributed by atoms with E-state index in [9.17, 15) is 9.59 Å². The van der Waals surface area contributed by atoms with Crippen molar-refractivity contribution in [3.8, 4) is 5.75 Å². The van der Waals surface area contributed by atoms with E-state index in [1.807, 2.05) is 36.4 Å². The molecular weight excluding hydrogens is 438 g/mol. The summed E-state index contributed by atoms with van der Waals surface area (Å²) in [7, 11) is 1.67. The van der Waals surface area contributed by atoms with Crippen molar-refractivity contribution in [1.82, 2.24) is 0 Å². The molecule has 1 atom stereocenters. The molecule has 0 radical (unpaired) electrons. The summed E-state index contributed by atoms with van der Waals surface area (Å²) in [5.74, 6) is 0.477. The van der Waals surface area contributed by atoms with Crippen molar-refractivity contribution >= 4 is 23.6 Å². The third kappa shape index (κ3) is 8.89. The number of esters is 1. The fraction of sp³-hybridized carbons (Fsp3) is 0.467. The van der Waals surface area contributed by atoms with Gasteiger partial charge in [-0.3, -0.25) is 4.79 Å². The fourth-order valence-corrected chi connectivity index (χ4v) is 4.21. The maximum atomic E-state index is 13.3. The Hall–Kier alpha value is -3.08. The second-order valence-corrected chi connectivity index (χ2v) is 9.83. The number of amides is 1. The number of para-hydroxylation sites is 1. The van der Waals surface area contributed by atoms with Crippen molar-refractivity contribution < 1.29 is 19.1 Å². The Balaban J connectivity index is 2.29. The number of carbonyl (C=O) groups excluding carboxylic acids is 2. The van der Waals surface area contributed by atoms with Crippen molar-refractivity contribution in [3.63, 3.8) is 0 Å². The van der Waals surface area contributed by atoms with Crippen molar-refractivity contribution in [3.05, 3.63) is 65.2 Å². The van der Waals surface area contributed by atoms with Crippen molar-refractivity contribution in [2.45, 2.75) is 78.1 Å². The molecule has 0 aliphatic carbocycles. The molecule has 0 aliphatic heterocycles. The highest BCUT2D eigenvalue weighted by Crippen LogP contribution is 2.35. The van der Waals surface area contributed by atoms with Crippen LogP contribution in [-0.2, 0) is 19.7 Å². The number of unbranched alkanes of at least 4 members (excludes halogenated alkanes) is 2. The average molecular weight is 480 g/mol. The van der Waals surface area contributed by atoms with Gasteiger partial charge in [-0.05, 0) is 59.6 Å². The van der Waals surface area contributed by atoms with Gasteiger partial charge in [0.1, 0.15) is 5.75 Å². The van der Waals surface area contributed by atoms with E-state index < -0.39 is 0 Å². The lowest BCUT2D eigenvalue weighted by Crippen LogP contribution is -2.20. The molecule has 0 heterocycles. The second-order valence-electron chi connectivity index (χ2n) is 9.83. The van der Waals surface area contributed by atoms with E-state index in [2.05, 4.69) is 39.1 Å². The molecule has 190 valence electrons. The molecule has 0 aromatic heterocycles. The number of hydrogen-bond donors (Lipinski definition) is 1. The summed E-state index contributed by atoms with van der Waals surface area (Å²) in [6.45, 7) is 10.6. The molecule has 0 saturated heterocycles. The monoisotopic (exact) mass is 479 g/mol. The second kappa shape index (κ2) is 13.7. The smallest absolute Gasteiger partial charge is 0.330 e. The maximum Gasteiger partial charge on any atom is 0.330 e. The number of hydrogen-bond acceptors (Lipinski definition) is 4. The molecule has 2 aromatic carbocycles. The van der Waals surface area contributed by atoms with E-state index >= 15 is 0 Å². The Bertz CT molecular complexity index is 1000. The summed E-state index contributed by atoms with van der Waals surface area (Å²) >= 11 is 0. The van der Waals surface area contributed by atoms with Crippen LogP contribution in [-0.4, -0.2) is 25.6 Å². The zero-order chi connectivity index (χ0) is 25.8. The zero-order valence-electron chi connectivity index (χ0n) is 22.1. The average Bonchev–Trinajstić information content (AvgIpc) is 2.81. The number of carbonyl (C=O) groups is 2. The summed E-state index contributed by atoms with van der Waals surface area (Å²) in [6, 6.07) is 13.9. The highest BCUT2D eigenvalue weighted by molar-refractivity contribution is 5.93. The van der Waals surface area contributed by atoms with E-state index in [0.717, 1.165) is 53.8 Å². The normalized spacial score (nSPS) is 12.4.